The minimum Gasteiger partial charge on any atom is -0.367 e. The van der Waals surface area contributed by atoms with E-state index >= 15 is 0 Å². The second-order valence-electron chi connectivity index (χ2n) is 9.31. The predicted molar refractivity (Wildman–Crippen MR) is 146 cm³/mol. The predicted octanol–water partition coefficient (Wildman–Crippen LogP) is 3.20. The van der Waals surface area contributed by atoms with Gasteiger partial charge in [0.25, 0.3) is 0 Å². The second kappa shape index (κ2) is 10.7. The standard InChI is InChI=1S/C26H28FN9OS/c1-33-12-11-21(14-33)36-23(28)22(25(38)34(2)26(36)37)24(32-19-7-5-18(27)6-8-19)30-13-17-3-9-20(10-4-17)35-16-29-15-31-35/h3-10,15-16,21,28,30,32H,11-14H2,1-2H3/b24-22-,28-23?. The van der Waals surface area contributed by atoms with Gasteiger partial charge in [-0.1, -0.05) is 24.4 Å². The van der Waals surface area contributed by atoms with Crippen molar-refractivity contribution in [2.75, 3.05) is 32.5 Å². The quantitative estimate of drug-likeness (QED) is 0.316. The summed E-state index contributed by atoms with van der Waals surface area (Å²) in [5.74, 6) is 0.146. The molecule has 2 amide bonds. The molecule has 2 aliphatic rings. The number of carbonyl (C=O) groups excluding carboxylic acids is 1. The molecule has 12 heteroatoms. The lowest BCUT2D eigenvalue weighted by atomic mass is 10.1. The number of urea groups is 1. The summed E-state index contributed by atoms with van der Waals surface area (Å²) in [4.78, 5) is 22.5. The van der Waals surface area contributed by atoms with Crippen molar-refractivity contribution in [2.24, 2.45) is 0 Å². The largest absolute Gasteiger partial charge is 0.367 e. The number of nitrogens with zero attached hydrogens (tertiary/aromatic N) is 6. The van der Waals surface area contributed by atoms with Crippen molar-refractivity contribution in [3.63, 3.8) is 0 Å². The van der Waals surface area contributed by atoms with E-state index in [-0.39, 0.29) is 28.7 Å². The van der Waals surface area contributed by atoms with Gasteiger partial charge in [0.15, 0.2) is 0 Å². The van der Waals surface area contributed by atoms with Gasteiger partial charge in [0.1, 0.15) is 35.1 Å². The molecule has 0 spiro atoms. The zero-order chi connectivity index (χ0) is 26.8. The monoisotopic (exact) mass is 533 g/mol. The van der Waals surface area contributed by atoms with Gasteiger partial charge >= 0.3 is 6.03 Å². The van der Waals surface area contributed by atoms with Gasteiger partial charge in [0, 0.05) is 25.8 Å². The van der Waals surface area contributed by atoms with Crippen LogP contribution in [0.1, 0.15) is 12.0 Å². The summed E-state index contributed by atoms with van der Waals surface area (Å²) in [6, 6.07) is 13.3. The number of likely N-dealkylation sites (N-methyl/N-ethyl adjacent to an activating group) is 2. The maximum atomic E-state index is 13.6. The zero-order valence-corrected chi connectivity index (χ0v) is 21.9. The van der Waals surface area contributed by atoms with E-state index in [2.05, 4.69) is 25.6 Å². The average Bonchev–Trinajstić information content (AvgIpc) is 3.60. The zero-order valence-electron chi connectivity index (χ0n) is 21.1. The van der Waals surface area contributed by atoms with E-state index in [4.69, 9.17) is 17.6 Å². The minimum absolute atomic E-state index is 0.0389. The fourth-order valence-corrected chi connectivity index (χ4v) is 4.87. The van der Waals surface area contributed by atoms with E-state index < -0.39 is 0 Å². The first-order valence-electron chi connectivity index (χ1n) is 12.1. The maximum absolute atomic E-state index is 13.6. The number of benzene rings is 2. The lowest BCUT2D eigenvalue weighted by Gasteiger charge is -2.39. The Labute approximate surface area is 225 Å². The number of nitrogens with one attached hydrogen (secondary N) is 3. The summed E-state index contributed by atoms with van der Waals surface area (Å²) >= 11 is 5.68. The molecule has 0 bridgehead atoms. The molecular weight excluding hydrogens is 505 g/mol. The molecular formula is C26H28FN9OS. The maximum Gasteiger partial charge on any atom is 0.330 e. The highest BCUT2D eigenvalue weighted by molar-refractivity contribution is 7.80. The summed E-state index contributed by atoms with van der Waals surface area (Å²) in [6.45, 7) is 1.93. The molecule has 10 nitrogen and oxygen atoms in total. The number of carbonyl (C=O) groups is 1. The lowest BCUT2D eigenvalue weighted by molar-refractivity contribution is 0.189. The van der Waals surface area contributed by atoms with Crippen molar-refractivity contribution < 1.29 is 9.18 Å². The van der Waals surface area contributed by atoms with E-state index in [1.807, 2.05) is 31.3 Å². The van der Waals surface area contributed by atoms with Crippen molar-refractivity contribution in [1.82, 2.24) is 34.8 Å². The molecule has 2 aliphatic heterocycles. The summed E-state index contributed by atoms with van der Waals surface area (Å²) in [7, 11) is 3.63. The Morgan fingerprint density at radius 3 is 2.53 bits per heavy atom. The molecule has 196 valence electrons. The van der Waals surface area contributed by atoms with Gasteiger partial charge in [-0.25, -0.2) is 18.9 Å². The molecule has 3 N–H and O–H groups in total. The Morgan fingerprint density at radius 2 is 1.89 bits per heavy atom. The van der Waals surface area contributed by atoms with E-state index in [1.54, 1.807) is 30.2 Å². The number of amides is 2. The molecule has 0 aliphatic carbocycles. The highest BCUT2D eigenvalue weighted by Gasteiger charge is 2.42. The molecule has 2 saturated heterocycles. The van der Waals surface area contributed by atoms with E-state index in [1.165, 1.54) is 28.3 Å². The average molecular weight is 534 g/mol. The Balaban J connectivity index is 1.47. The third-order valence-corrected chi connectivity index (χ3v) is 7.15. The number of thiocarbonyl (C=S) groups is 1. The fourth-order valence-electron chi connectivity index (χ4n) is 4.59. The Bertz CT molecular complexity index is 1370. The number of aromatic nitrogens is 3. The van der Waals surface area contributed by atoms with Crippen LogP contribution in [0.5, 0.6) is 0 Å². The first-order valence-corrected chi connectivity index (χ1v) is 12.6. The normalized spacial score (nSPS) is 19.8. The van der Waals surface area contributed by atoms with Gasteiger partial charge in [-0.3, -0.25) is 15.2 Å². The van der Waals surface area contributed by atoms with Crippen molar-refractivity contribution >= 4 is 34.8 Å². The molecule has 0 saturated carbocycles. The van der Waals surface area contributed by atoms with Gasteiger partial charge in [-0.2, -0.15) is 5.10 Å². The number of anilines is 1. The summed E-state index contributed by atoms with van der Waals surface area (Å²) in [5, 5.41) is 19.9. The first-order chi connectivity index (χ1) is 18.3. The third kappa shape index (κ3) is 5.13. The smallest absolute Gasteiger partial charge is 0.330 e. The number of halogens is 1. The van der Waals surface area contributed by atoms with Gasteiger partial charge in [-0.05, 0) is 62.0 Å². The van der Waals surface area contributed by atoms with E-state index in [0.717, 1.165) is 24.2 Å². The summed E-state index contributed by atoms with van der Waals surface area (Å²) in [5.41, 5.74) is 2.87. The van der Waals surface area contributed by atoms with Crippen molar-refractivity contribution in [3.8, 4) is 5.69 Å². The van der Waals surface area contributed by atoms with Gasteiger partial charge in [0.2, 0.25) is 0 Å². The van der Waals surface area contributed by atoms with Crippen molar-refractivity contribution in [1.29, 1.82) is 5.41 Å². The molecule has 38 heavy (non-hydrogen) atoms. The highest BCUT2D eigenvalue weighted by atomic mass is 32.1. The van der Waals surface area contributed by atoms with Crippen LogP contribution in [0.2, 0.25) is 0 Å². The molecule has 3 aromatic rings. The van der Waals surface area contributed by atoms with Crippen LogP contribution >= 0.6 is 12.2 Å². The molecule has 5 rings (SSSR count). The Kier molecular flexibility index (Phi) is 7.16. The molecule has 1 unspecified atom stereocenters. The van der Waals surface area contributed by atoms with Crippen molar-refractivity contribution in [3.05, 3.63) is 84.0 Å². The van der Waals surface area contributed by atoms with Crippen LogP contribution < -0.4 is 10.6 Å². The van der Waals surface area contributed by atoms with Crippen LogP contribution in [-0.2, 0) is 6.54 Å². The molecule has 3 heterocycles. The number of rotatable bonds is 7. The van der Waals surface area contributed by atoms with Crippen LogP contribution in [0.3, 0.4) is 0 Å². The molecule has 1 aromatic heterocycles. The second-order valence-corrected chi connectivity index (χ2v) is 9.70. The van der Waals surface area contributed by atoms with Crippen molar-refractivity contribution in [2.45, 2.75) is 19.0 Å². The SMILES string of the molecule is CN1CCC(N2C(=N)/C(=C(\NCc3ccc(-n4cncn4)cc3)Nc3ccc(F)cc3)C(=S)N(C)C2=O)C1. The van der Waals surface area contributed by atoms with Crippen LogP contribution in [-0.4, -0.2) is 79.5 Å². The number of likely N-dealkylation sites (tertiary alicyclic amines) is 1. The first kappa shape index (κ1) is 25.5. The number of amidine groups is 1. The van der Waals surface area contributed by atoms with Gasteiger partial charge in [-0.15, -0.1) is 0 Å². The van der Waals surface area contributed by atoms with Crippen LogP contribution in [0, 0.1) is 11.2 Å². The van der Waals surface area contributed by atoms with E-state index in [0.29, 0.717) is 30.2 Å². The lowest BCUT2D eigenvalue weighted by Crippen LogP contribution is -2.58. The fraction of sp³-hybridized carbons (Fsp3) is 0.269. The van der Waals surface area contributed by atoms with Crippen LogP contribution in [0.4, 0.5) is 14.9 Å². The van der Waals surface area contributed by atoms with Gasteiger partial charge in [0.05, 0.1) is 17.3 Å². The minimum atomic E-state index is -0.354. The topological polar surface area (TPSA) is 105 Å². The molecule has 2 fully saturated rings. The summed E-state index contributed by atoms with van der Waals surface area (Å²) < 4.78 is 15.3. The molecule has 1 atom stereocenters. The number of hydrogen-bond acceptors (Lipinski definition) is 8. The van der Waals surface area contributed by atoms with E-state index in [9.17, 15) is 9.18 Å². The van der Waals surface area contributed by atoms with Gasteiger partial charge < -0.3 is 15.5 Å². The summed E-state index contributed by atoms with van der Waals surface area (Å²) in [6.07, 6.45) is 3.88. The Hall–Kier alpha value is -4.16. The van der Waals surface area contributed by atoms with Crippen LogP contribution in [0.15, 0.2) is 72.6 Å². The molecule has 0 radical (unpaired) electrons. The van der Waals surface area contributed by atoms with Crippen LogP contribution in [0.25, 0.3) is 5.69 Å². The highest BCUT2D eigenvalue weighted by Crippen LogP contribution is 2.27. The molecule has 2 aromatic carbocycles. The number of hydrogen-bond donors (Lipinski definition) is 3. The third-order valence-electron chi connectivity index (χ3n) is 6.67. The Morgan fingerprint density at radius 1 is 1.16 bits per heavy atom.